The fourth-order valence-corrected chi connectivity index (χ4v) is 3.53. The lowest BCUT2D eigenvalue weighted by Crippen LogP contribution is -2.58. The smallest absolute Gasteiger partial charge is 0.265 e. The van der Waals surface area contributed by atoms with Gasteiger partial charge >= 0.3 is 0 Å². The molecule has 1 heterocycles. The van der Waals surface area contributed by atoms with Crippen molar-refractivity contribution in [2.75, 3.05) is 0 Å². The summed E-state index contributed by atoms with van der Waals surface area (Å²) in [7, 11) is 0. The molecule has 1 aliphatic rings. The Balaban J connectivity index is 2.13. The first-order valence-electron chi connectivity index (χ1n) is 6.90. The fraction of sp³-hybridized carbons (Fsp3) is 0.692. The molecule has 0 aliphatic heterocycles. The molecule has 1 aromatic heterocycles. The number of aromatic nitrogens is 2. The highest BCUT2D eigenvalue weighted by molar-refractivity contribution is 7.80. The topological polar surface area (TPSA) is 80.9 Å². The Morgan fingerprint density at radius 3 is 2.65 bits per heavy atom. The van der Waals surface area contributed by atoms with Crippen molar-refractivity contribution in [1.29, 1.82) is 0 Å². The second-order valence-electron chi connectivity index (χ2n) is 5.44. The maximum absolute atomic E-state index is 12.4. The molecule has 0 bridgehead atoms. The van der Waals surface area contributed by atoms with Crippen molar-refractivity contribution in [2.45, 2.75) is 51.5 Å². The van der Waals surface area contributed by atoms with Crippen LogP contribution in [0.3, 0.4) is 0 Å². The van der Waals surface area contributed by atoms with E-state index in [9.17, 15) is 4.79 Å². The number of nitrogens with zero attached hydrogens (tertiary/aromatic N) is 2. The summed E-state index contributed by atoms with van der Waals surface area (Å²) in [4.78, 5) is 13.3. The average Bonchev–Trinajstić information content (AvgIpc) is 2.85. The first-order chi connectivity index (χ1) is 9.48. The Labute approximate surface area is 128 Å². The van der Waals surface area contributed by atoms with Crippen molar-refractivity contribution in [3.8, 4) is 0 Å². The molecule has 0 aromatic carbocycles. The minimum absolute atomic E-state index is 0.166. The van der Waals surface area contributed by atoms with E-state index in [1.807, 2.05) is 0 Å². The predicted molar refractivity (Wildman–Crippen MR) is 83.9 cm³/mol. The van der Waals surface area contributed by atoms with Crippen LogP contribution < -0.4 is 11.1 Å². The molecule has 0 spiro atoms. The number of hydrogen-bond acceptors (Lipinski definition) is 5. The van der Waals surface area contributed by atoms with Crippen molar-refractivity contribution in [3.63, 3.8) is 0 Å². The molecule has 7 heteroatoms. The maximum atomic E-state index is 12.4. The maximum Gasteiger partial charge on any atom is 0.265 e. The van der Waals surface area contributed by atoms with Gasteiger partial charge in [0.25, 0.3) is 5.91 Å². The molecule has 1 saturated carbocycles. The lowest BCUT2D eigenvalue weighted by molar-refractivity contribution is 0.0901. The molecule has 20 heavy (non-hydrogen) atoms. The molecule has 3 N–H and O–H groups in total. The summed E-state index contributed by atoms with van der Waals surface area (Å²) in [6.45, 7) is 3.98. The molecule has 0 atom stereocenters. The number of amides is 1. The highest BCUT2D eigenvalue weighted by atomic mass is 32.1. The number of nitrogens with one attached hydrogen (secondary N) is 1. The summed E-state index contributed by atoms with van der Waals surface area (Å²) >= 11 is 6.32. The number of carbonyl (C=O) groups is 1. The third kappa shape index (κ3) is 2.98. The SMILES string of the molecule is CCC1CCC(NC(=O)c2snnc2C)(C(N)=S)CC1. The molecule has 1 amide bonds. The van der Waals surface area contributed by atoms with Crippen LogP contribution in [0.1, 0.15) is 54.4 Å². The molecule has 0 radical (unpaired) electrons. The Morgan fingerprint density at radius 1 is 1.55 bits per heavy atom. The third-order valence-corrected chi connectivity index (χ3v) is 5.44. The Bertz CT molecular complexity index is 506. The van der Waals surface area contributed by atoms with Gasteiger partial charge in [-0.3, -0.25) is 4.79 Å². The lowest BCUT2D eigenvalue weighted by Gasteiger charge is -2.39. The normalized spacial score (nSPS) is 26.2. The molecule has 1 fully saturated rings. The van der Waals surface area contributed by atoms with Gasteiger partial charge in [0.15, 0.2) is 0 Å². The Morgan fingerprint density at radius 2 is 2.20 bits per heavy atom. The number of thiocarbonyl (C=S) groups is 1. The van der Waals surface area contributed by atoms with Crippen LogP contribution in [0.25, 0.3) is 0 Å². The van der Waals surface area contributed by atoms with Gasteiger partial charge in [0.1, 0.15) is 4.88 Å². The summed E-state index contributed by atoms with van der Waals surface area (Å²) in [5, 5.41) is 6.91. The van der Waals surface area contributed by atoms with E-state index in [4.69, 9.17) is 18.0 Å². The zero-order valence-corrected chi connectivity index (χ0v) is 13.4. The van der Waals surface area contributed by atoms with Crippen LogP contribution in [0.4, 0.5) is 0 Å². The van der Waals surface area contributed by atoms with Gasteiger partial charge in [0.05, 0.1) is 16.2 Å². The summed E-state index contributed by atoms with van der Waals surface area (Å²) in [5.41, 5.74) is 6.02. The zero-order valence-electron chi connectivity index (χ0n) is 11.8. The summed E-state index contributed by atoms with van der Waals surface area (Å²) < 4.78 is 3.80. The summed E-state index contributed by atoms with van der Waals surface area (Å²) in [6, 6.07) is 0. The molecule has 1 aliphatic carbocycles. The van der Waals surface area contributed by atoms with Gasteiger partial charge in [-0.25, -0.2) is 0 Å². The van der Waals surface area contributed by atoms with E-state index in [2.05, 4.69) is 21.8 Å². The van der Waals surface area contributed by atoms with Crippen LogP contribution in [0.5, 0.6) is 0 Å². The van der Waals surface area contributed by atoms with Crippen LogP contribution in [0, 0.1) is 12.8 Å². The predicted octanol–water partition coefficient (Wildman–Crippen LogP) is 2.20. The average molecular weight is 312 g/mol. The van der Waals surface area contributed by atoms with Gasteiger partial charge in [-0.1, -0.05) is 30.1 Å². The molecule has 0 saturated heterocycles. The van der Waals surface area contributed by atoms with E-state index in [0.717, 1.165) is 37.2 Å². The highest BCUT2D eigenvalue weighted by Crippen LogP contribution is 2.34. The first kappa shape index (κ1) is 15.3. The summed E-state index contributed by atoms with van der Waals surface area (Å²) in [6.07, 6.45) is 4.90. The molecule has 1 aromatic rings. The van der Waals surface area contributed by atoms with E-state index in [0.29, 0.717) is 21.5 Å². The van der Waals surface area contributed by atoms with Crippen LogP contribution in [-0.4, -0.2) is 26.0 Å². The quantitative estimate of drug-likeness (QED) is 0.833. The second kappa shape index (κ2) is 6.13. The third-order valence-electron chi connectivity index (χ3n) is 4.22. The zero-order chi connectivity index (χ0) is 14.8. The monoisotopic (exact) mass is 312 g/mol. The van der Waals surface area contributed by atoms with Gasteiger partial charge < -0.3 is 11.1 Å². The van der Waals surface area contributed by atoms with Gasteiger partial charge in [0, 0.05) is 0 Å². The van der Waals surface area contributed by atoms with Crippen molar-refractivity contribution >= 4 is 34.6 Å². The molecule has 5 nitrogen and oxygen atoms in total. The molecule has 110 valence electrons. The van der Waals surface area contributed by atoms with Gasteiger partial charge in [0.2, 0.25) is 0 Å². The van der Waals surface area contributed by atoms with E-state index in [-0.39, 0.29) is 5.91 Å². The van der Waals surface area contributed by atoms with E-state index in [1.54, 1.807) is 6.92 Å². The molecular weight excluding hydrogens is 292 g/mol. The fourth-order valence-electron chi connectivity index (χ4n) is 2.73. The minimum atomic E-state index is -0.547. The molecular formula is C13H20N4OS2. The highest BCUT2D eigenvalue weighted by Gasteiger charge is 2.39. The second-order valence-corrected chi connectivity index (χ2v) is 6.63. The van der Waals surface area contributed by atoms with Crippen molar-refractivity contribution in [2.24, 2.45) is 11.7 Å². The van der Waals surface area contributed by atoms with E-state index < -0.39 is 5.54 Å². The number of hydrogen-bond donors (Lipinski definition) is 2. The van der Waals surface area contributed by atoms with Crippen LogP contribution >= 0.6 is 23.8 Å². The molecule has 2 rings (SSSR count). The van der Waals surface area contributed by atoms with Gasteiger partial charge in [-0.05, 0) is 50.1 Å². The van der Waals surface area contributed by atoms with Crippen molar-refractivity contribution in [1.82, 2.24) is 14.9 Å². The number of nitrogens with two attached hydrogens (primary N) is 1. The van der Waals surface area contributed by atoms with E-state index in [1.165, 1.54) is 6.42 Å². The van der Waals surface area contributed by atoms with Gasteiger partial charge in [-0.15, -0.1) is 5.10 Å². The standard InChI is InChI=1S/C13H20N4OS2/c1-3-9-4-6-13(7-5-9,12(14)19)15-11(18)10-8(2)16-17-20-10/h9H,3-7H2,1-2H3,(H2,14,19)(H,15,18). The van der Waals surface area contributed by atoms with Crippen LogP contribution in [-0.2, 0) is 0 Å². The van der Waals surface area contributed by atoms with Crippen LogP contribution in [0.2, 0.25) is 0 Å². The Hall–Kier alpha value is -1.08. The summed E-state index contributed by atoms with van der Waals surface area (Å²) in [5.74, 6) is 0.543. The first-order valence-corrected chi connectivity index (χ1v) is 8.08. The van der Waals surface area contributed by atoms with Crippen LogP contribution in [0.15, 0.2) is 0 Å². The van der Waals surface area contributed by atoms with Crippen molar-refractivity contribution in [3.05, 3.63) is 10.6 Å². The number of aryl methyl sites for hydroxylation is 1. The number of carbonyl (C=O) groups excluding carboxylic acids is 1. The van der Waals surface area contributed by atoms with E-state index >= 15 is 0 Å². The minimum Gasteiger partial charge on any atom is -0.391 e. The molecule has 0 unspecified atom stereocenters. The Kier molecular flexibility index (Phi) is 4.70. The van der Waals surface area contributed by atoms with Gasteiger partial charge in [-0.2, -0.15) is 0 Å². The van der Waals surface area contributed by atoms with Crippen molar-refractivity contribution < 1.29 is 4.79 Å². The largest absolute Gasteiger partial charge is 0.391 e. The number of rotatable bonds is 4. The lowest BCUT2D eigenvalue weighted by atomic mass is 9.75.